The number of hydrogen-bond acceptors (Lipinski definition) is 5. The third-order valence-corrected chi connectivity index (χ3v) is 6.99. The van der Waals surface area contributed by atoms with Gasteiger partial charge >= 0.3 is 0 Å². The molecule has 1 N–H and O–H groups in total. The molecule has 176 valence electrons. The monoisotopic (exact) mass is 482 g/mol. The topological polar surface area (TPSA) is 79.0 Å². The van der Waals surface area contributed by atoms with E-state index in [1.807, 2.05) is 48.7 Å². The van der Waals surface area contributed by atoms with E-state index in [9.17, 15) is 9.59 Å². The molecule has 5 rings (SSSR count). The summed E-state index contributed by atoms with van der Waals surface area (Å²) in [5, 5.41) is 2.66. The van der Waals surface area contributed by atoms with Crippen molar-refractivity contribution in [2.45, 2.75) is 33.7 Å². The van der Waals surface area contributed by atoms with Crippen molar-refractivity contribution in [1.29, 1.82) is 0 Å². The summed E-state index contributed by atoms with van der Waals surface area (Å²) in [7, 11) is 0. The van der Waals surface area contributed by atoms with Gasteiger partial charge in [0.2, 0.25) is 0 Å². The van der Waals surface area contributed by atoms with Crippen LogP contribution in [-0.4, -0.2) is 32.3 Å². The molecule has 3 aromatic heterocycles. The van der Waals surface area contributed by atoms with Crippen LogP contribution in [0.2, 0.25) is 0 Å². The van der Waals surface area contributed by atoms with Crippen LogP contribution in [0.5, 0.6) is 0 Å². The highest BCUT2D eigenvalue weighted by Crippen LogP contribution is 2.29. The van der Waals surface area contributed by atoms with Gasteiger partial charge in [-0.3, -0.25) is 9.59 Å². The van der Waals surface area contributed by atoms with Gasteiger partial charge < -0.3 is 9.88 Å². The van der Waals surface area contributed by atoms with Crippen LogP contribution in [0.4, 0.5) is 0 Å². The molecule has 0 saturated carbocycles. The van der Waals surface area contributed by atoms with Gasteiger partial charge in [0.1, 0.15) is 10.5 Å². The SMILES string of the molecule is CCCN(Cc1nc2ccsc2c(=O)[nH]1)C(=O)c1cc(-c2ccc(C)cc2C)nc2ccccc12. The summed E-state index contributed by atoms with van der Waals surface area (Å²) in [5.41, 5.74) is 5.93. The van der Waals surface area contributed by atoms with E-state index < -0.39 is 0 Å². The lowest BCUT2D eigenvalue weighted by atomic mass is 9.99. The highest BCUT2D eigenvalue weighted by Gasteiger charge is 2.21. The number of H-pyrrole nitrogens is 1. The fourth-order valence-electron chi connectivity index (χ4n) is 4.46. The fourth-order valence-corrected chi connectivity index (χ4v) is 5.19. The van der Waals surface area contributed by atoms with Crippen LogP contribution in [-0.2, 0) is 6.54 Å². The zero-order valence-electron chi connectivity index (χ0n) is 20.0. The van der Waals surface area contributed by atoms with Crippen molar-refractivity contribution in [2.24, 2.45) is 0 Å². The maximum atomic E-state index is 14.0. The molecule has 2 aromatic carbocycles. The van der Waals surface area contributed by atoms with E-state index in [1.54, 1.807) is 4.90 Å². The number of carbonyl (C=O) groups excluding carboxylic acids is 1. The first-order valence-electron chi connectivity index (χ1n) is 11.7. The molecular formula is C28H26N4O2S. The van der Waals surface area contributed by atoms with E-state index in [0.29, 0.717) is 28.1 Å². The number of rotatable bonds is 6. The number of benzene rings is 2. The summed E-state index contributed by atoms with van der Waals surface area (Å²) >= 11 is 1.36. The van der Waals surface area contributed by atoms with E-state index in [2.05, 4.69) is 42.0 Å². The molecule has 0 radical (unpaired) electrons. The molecule has 5 aromatic rings. The van der Waals surface area contributed by atoms with E-state index in [1.165, 1.54) is 16.9 Å². The van der Waals surface area contributed by atoms with E-state index in [0.717, 1.165) is 34.1 Å². The molecule has 0 aliphatic heterocycles. The fraction of sp³-hybridized carbons (Fsp3) is 0.214. The molecule has 35 heavy (non-hydrogen) atoms. The van der Waals surface area contributed by atoms with Gasteiger partial charge in [-0.25, -0.2) is 9.97 Å². The molecule has 6 nitrogen and oxygen atoms in total. The highest BCUT2D eigenvalue weighted by atomic mass is 32.1. The van der Waals surface area contributed by atoms with E-state index in [4.69, 9.17) is 4.98 Å². The van der Waals surface area contributed by atoms with Crippen molar-refractivity contribution in [3.63, 3.8) is 0 Å². The van der Waals surface area contributed by atoms with Gasteiger partial charge in [0.05, 0.1) is 28.8 Å². The molecule has 0 aliphatic carbocycles. The van der Waals surface area contributed by atoms with Gasteiger partial charge in [-0.1, -0.05) is 48.9 Å². The number of nitrogens with zero attached hydrogens (tertiary/aromatic N) is 3. The third-order valence-electron chi connectivity index (χ3n) is 6.09. The number of para-hydroxylation sites is 1. The Balaban J connectivity index is 1.59. The molecule has 0 unspecified atom stereocenters. The Hall–Kier alpha value is -3.84. The minimum Gasteiger partial charge on any atom is -0.331 e. The first kappa shape index (κ1) is 22.9. The van der Waals surface area contributed by atoms with Gasteiger partial charge in [0.15, 0.2) is 0 Å². The molecular weight excluding hydrogens is 456 g/mol. The van der Waals surface area contributed by atoms with Gasteiger partial charge in [-0.05, 0) is 49.4 Å². The zero-order valence-corrected chi connectivity index (χ0v) is 20.8. The van der Waals surface area contributed by atoms with E-state index >= 15 is 0 Å². The molecule has 3 heterocycles. The Morgan fingerprint density at radius 2 is 1.86 bits per heavy atom. The second-order valence-electron chi connectivity index (χ2n) is 8.76. The molecule has 0 atom stereocenters. The third kappa shape index (κ3) is 4.47. The van der Waals surface area contributed by atoms with E-state index in [-0.39, 0.29) is 18.0 Å². The number of fused-ring (bicyclic) bond motifs is 2. The average Bonchev–Trinajstić information content (AvgIpc) is 3.32. The lowest BCUT2D eigenvalue weighted by Gasteiger charge is -2.23. The number of aromatic amines is 1. The molecule has 0 fully saturated rings. The van der Waals surface area contributed by atoms with Crippen molar-refractivity contribution in [1.82, 2.24) is 19.9 Å². The van der Waals surface area contributed by atoms with Crippen molar-refractivity contribution in [3.05, 3.63) is 92.8 Å². The van der Waals surface area contributed by atoms with Crippen LogP contribution in [0.3, 0.4) is 0 Å². The average molecular weight is 483 g/mol. The first-order valence-corrected chi connectivity index (χ1v) is 12.6. The quantitative estimate of drug-likeness (QED) is 0.328. The lowest BCUT2D eigenvalue weighted by molar-refractivity contribution is 0.0741. The normalized spacial score (nSPS) is 11.3. The Labute approximate surface area is 207 Å². The van der Waals surface area contributed by atoms with Crippen LogP contribution >= 0.6 is 11.3 Å². The Morgan fingerprint density at radius 1 is 1.03 bits per heavy atom. The first-order chi connectivity index (χ1) is 16.9. The lowest BCUT2D eigenvalue weighted by Crippen LogP contribution is -2.33. The standard InChI is InChI=1S/C28H26N4O2S/c1-4-12-32(16-25-30-23-11-13-35-26(23)27(33)31-25)28(34)21-15-24(19-10-9-17(2)14-18(19)3)29-22-8-6-5-7-20(21)22/h5-11,13-15H,4,12,16H2,1-3H3,(H,30,31,33). The zero-order chi connectivity index (χ0) is 24.5. The Morgan fingerprint density at radius 3 is 2.66 bits per heavy atom. The van der Waals surface area contributed by atoms with Crippen LogP contribution in [0.15, 0.2) is 64.8 Å². The van der Waals surface area contributed by atoms with Crippen molar-refractivity contribution in [3.8, 4) is 11.3 Å². The molecule has 1 amide bonds. The highest BCUT2D eigenvalue weighted by molar-refractivity contribution is 7.17. The maximum absolute atomic E-state index is 14.0. The van der Waals surface area contributed by atoms with Crippen LogP contribution < -0.4 is 5.56 Å². The number of carbonyl (C=O) groups is 1. The van der Waals surface area contributed by atoms with Gasteiger partial charge in [0, 0.05) is 17.5 Å². The number of amides is 1. The van der Waals surface area contributed by atoms with Gasteiger partial charge in [-0.15, -0.1) is 11.3 Å². The van der Waals surface area contributed by atoms with Crippen LogP contribution in [0.25, 0.3) is 32.4 Å². The van der Waals surface area contributed by atoms with Gasteiger partial charge in [-0.2, -0.15) is 0 Å². The molecule has 7 heteroatoms. The smallest absolute Gasteiger partial charge is 0.268 e. The number of aromatic nitrogens is 3. The van der Waals surface area contributed by atoms with Gasteiger partial charge in [0.25, 0.3) is 11.5 Å². The van der Waals surface area contributed by atoms with Crippen molar-refractivity contribution in [2.75, 3.05) is 6.54 Å². The summed E-state index contributed by atoms with van der Waals surface area (Å²) in [6.07, 6.45) is 0.781. The summed E-state index contributed by atoms with van der Waals surface area (Å²) in [4.78, 5) is 40.5. The summed E-state index contributed by atoms with van der Waals surface area (Å²) < 4.78 is 0.598. The molecule has 0 saturated heterocycles. The summed E-state index contributed by atoms with van der Waals surface area (Å²) in [6.45, 7) is 6.92. The molecule has 0 spiro atoms. The van der Waals surface area contributed by atoms with Crippen LogP contribution in [0, 0.1) is 13.8 Å². The predicted octanol–water partition coefficient (Wildman–Crippen LogP) is 5.87. The van der Waals surface area contributed by atoms with Crippen molar-refractivity contribution < 1.29 is 4.79 Å². The Bertz CT molecular complexity index is 1620. The minimum absolute atomic E-state index is 0.107. The summed E-state index contributed by atoms with van der Waals surface area (Å²) in [6, 6.07) is 17.7. The minimum atomic E-state index is -0.171. The van der Waals surface area contributed by atoms with Crippen molar-refractivity contribution >= 4 is 38.4 Å². The number of aryl methyl sites for hydroxylation is 2. The molecule has 0 aliphatic rings. The number of hydrogen-bond donors (Lipinski definition) is 1. The number of pyridine rings is 1. The number of thiophene rings is 1. The maximum Gasteiger partial charge on any atom is 0.268 e. The summed E-state index contributed by atoms with van der Waals surface area (Å²) in [5.74, 6) is 0.375. The second kappa shape index (κ2) is 9.43. The second-order valence-corrected chi connectivity index (χ2v) is 9.68. The Kier molecular flexibility index (Phi) is 6.17. The molecule has 0 bridgehead atoms. The largest absolute Gasteiger partial charge is 0.331 e. The van der Waals surface area contributed by atoms with Crippen LogP contribution in [0.1, 0.15) is 40.7 Å². The predicted molar refractivity (Wildman–Crippen MR) is 142 cm³/mol. The number of nitrogens with one attached hydrogen (secondary N) is 1.